The molecule has 0 fully saturated rings. The van der Waals surface area contributed by atoms with E-state index < -0.39 is 22.6 Å². The fourth-order valence-corrected chi connectivity index (χ4v) is 4.47. The molecular weight excluding hydrogens is 456 g/mol. The number of hydrogen-bond acceptors (Lipinski definition) is 6. The van der Waals surface area contributed by atoms with Crippen molar-refractivity contribution in [1.82, 2.24) is 9.36 Å². The monoisotopic (exact) mass is 475 g/mol. The number of ether oxygens (including phenoxy) is 2. The molecule has 11 heteroatoms. The lowest BCUT2D eigenvalue weighted by Gasteiger charge is -2.22. The van der Waals surface area contributed by atoms with Crippen LogP contribution in [0.3, 0.4) is 0 Å². The summed E-state index contributed by atoms with van der Waals surface area (Å²) >= 11 is 6.73. The van der Waals surface area contributed by atoms with Gasteiger partial charge >= 0.3 is 0 Å². The standard InChI is InChI=1S/C17H14ClF2N3O3S2.C2H6/c1-25-11-4-3-10(15(5-11)26-2)8-23(17-21-9-22-27-17)28(24)16-6-12(18)13(19)7-14(16)20;1-2/h3-7,9H,8H2,1-2H3;1-2H3. The summed E-state index contributed by atoms with van der Waals surface area (Å²) in [6.07, 6.45) is 1.30. The van der Waals surface area contributed by atoms with E-state index in [1.165, 1.54) is 24.9 Å². The van der Waals surface area contributed by atoms with Crippen molar-refractivity contribution in [2.45, 2.75) is 25.3 Å². The molecule has 0 aliphatic rings. The third-order valence-corrected chi connectivity index (χ3v) is 6.22. The SMILES string of the molecule is CC.COc1ccc(CN(c2ncns2)S(=O)c2cc(Cl)c(F)cc2F)c(OC)c1. The van der Waals surface area contributed by atoms with Crippen molar-refractivity contribution < 1.29 is 22.5 Å². The van der Waals surface area contributed by atoms with Gasteiger partial charge in [0.2, 0.25) is 5.13 Å². The summed E-state index contributed by atoms with van der Waals surface area (Å²) in [4.78, 5) is 3.79. The molecule has 0 saturated carbocycles. The van der Waals surface area contributed by atoms with E-state index in [4.69, 9.17) is 21.1 Å². The van der Waals surface area contributed by atoms with Crippen LogP contribution in [0.5, 0.6) is 11.5 Å². The Morgan fingerprint density at radius 3 is 2.47 bits per heavy atom. The van der Waals surface area contributed by atoms with E-state index in [2.05, 4.69) is 9.36 Å². The van der Waals surface area contributed by atoms with Crippen LogP contribution in [-0.4, -0.2) is 27.8 Å². The van der Waals surface area contributed by atoms with Crippen molar-refractivity contribution in [3.63, 3.8) is 0 Å². The Morgan fingerprint density at radius 1 is 1.13 bits per heavy atom. The second-order valence-corrected chi connectivity index (χ2v) is 7.93. The van der Waals surface area contributed by atoms with E-state index in [0.717, 1.165) is 17.6 Å². The average molecular weight is 476 g/mol. The first-order valence-electron chi connectivity index (χ1n) is 8.76. The van der Waals surface area contributed by atoms with Crippen LogP contribution >= 0.6 is 23.1 Å². The van der Waals surface area contributed by atoms with Crippen molar-refractivity contribution in [3.05, 3.63) is 58.9 Å². The minimum Gasteiger partial charge on any atom is -0.497 e. The summed E-state index contributed by atoms with van der Waals surface area (Å²) in [7, 11) is 0.946. The van der Waals surface area contributed by atoms with Crippen LogP contribution in [0.15, 0.2) is 41.6 Å². The number of nitrogens with zero attached hydrogens (tertiary/aromatic N) is 3. The molecule has 0 saturated heterocycles. The Balaban J connectivity index is 0.00000155. The summed E-state index contributed by atoms with van der Waals surface area (Å²) in [5.41, 5.74) is 0.653. The largest absolute Gasteiger partial charge is 0.497 e. The van der Waals surface area contributed by atoms with Gasteiger partial charge in [0, 0.05) is 29.2 Å². The lowest BCUT2D eigenvalue weighted by Crippen LogP contribution is -2.26. The number of methoxy groups -OCH3 is 2. The van der Waals surface area contributed by atoms with Gasteiger partial charge in [0.15, 0.2) is 11.0 Å². The first-order valence-corrected chi connectivity index (χ1v) is 11.0. The summed E-state index contributed by atoms with van der Waals surface area (Å²) in [6, 6.07) is 6.72. The van der Waals surface area contributed by atoms with Crippen LogP contribution in [0, 0.1) is 11.6 Å². The maximum atomic E-state index is 14.3. The van der Waals surface area contributed by atoms with Crippen molar-refractivity contribution in [3.8, 4) is 11.5 Å². The van der Waals surface area contributed by atoms with E-state index >= 15 is 0 Å². The molecule has 0 aliphatic heterocycles. The molecule has 0 amide bonds. The third-order valence-electron chi connectivity index (χ3n) is 3.73. The summed E-state index contributed by atoms with van der Waals surface area (Å²) in [5.74, 6) is -0.834. The predicted molar refractivity (Wildman–Crippen MR) is 115 cm³/mol. The number of hydrogen-bond donors (Lipinski definition) is 0. The van der Waals surface area contributed by atoms with Crippen LogP contribution in [0.1, 0.15) is 19.4 Å². The molecule has 6 nitrogen and oxygen atoms in total. The van der Waals surface area contributed by atoms with E-state index in [0.29, 0.717) is 23.1 Å². The van der Waals surface area contributed by atoms with E-state index in [1.54, 1.807) is 18.2 Å². The molecule has 0 spiro atoms. The average Bonchev–Trinajstić information content (AvgIpc) is 3.30. The second-order valence-electron chi connectivity index (χ2n) is 5.38. The number of halogens is 3. The molecule has 0 aliphatic carbocycles. The van der Waals surface area contributed by atoms with Crippen molar-refractivity contribution in [2.75, 3.05) is 18.5 Å². The molecule has 30 heavy (non-hydrogen) atoms. The van der Waals surface area contributed by atoms with Gasteiger partial charge in [-0.1, -0.05) is 25.4 Å². The van der Waals surface area contributed by atoms with Crippen molar-refractivity contribution >= 4 is 39.3 Å². The second kappa shape index (κ2) is 11.2. The lowest BCUT2D eigenvalue weighted by atomic mass is 10.2. The highest BCUT2D eigenvalue weighted by atomic mass is 35.5. The maximum absolute atomic E-state index is 14.3. The van der Waals surface area contributed by atoms with Crippen LogP contribution in [0.25, 0.3) is 0 Å². The van der Waals surface area contributed by atoms with E-state index in [-0.39, 0.29) is 21.6 Å². The first-order chi connectivity index (χ1) is 14.4. The first kappa shape index (κ1) is 24.0. The smallest absolute Gasteiger partial charge is 0.217 e. The molecular formula is C19H20ClF2N3O3S2. The van der Waals surface area contributed by atoms with Gasteiger partial charge in [-0.05, 0) is 18.2 Å². The number of anilines is 1. The van der Waals surface area contributed by atoms with Crippen LogP contribution in [0.4, 0.5) is 13.9 Å². The fraction of sp³-hybridized carbons (Fsp3) is 0.263. The quantitative estimate of drug-likeness (QED) is 0.437. The van der Waals surface area contributed by atoms with Gasteiger partial charge in [0.25, 0.3) is 0 Å². The highest BCUT2D eigenvalue weighted by Gasteiger charge is 2.25. The zero-order chi connectivity index (χ0) is 22.3. The van der Waals surface area contributed by atoms with Crippen molar-refractivity contribution in [2.24, 2.45) is 0 Å². The molecule has 3 rings (SSSR count). The molecule has 3 aromatic rings. The normalized spacial score (nSPS) is 11.3. The van der Waals surface area contributed by atoms with Crippen LogP contribution in [0.2, 0.25) is 5.02 Å². The van der Waals surface area contributed by atoms with Crippen LogP contribution < -0.4 is 13.8 Å². The van der Waals surface area contributed by atoms with Gasteiger partial charge in [-0.25, -0.2) is 18.0 Å². The van der Waals surface area contributed by atoms with E-state index in [9.17, 15) is 13.0 Å². The van der Waals surface area contributed by atoms with E-state index in [1.807, 2.05) is 13.8 Å². The third kappa shape index (κ3) is 5.44. The highest BCUT2D eigenvalue weighted by molar-refractivity contribution is 7.86. The fourth-order valence-electron chi connectivity index (χ4n) is 2.37. The number of benzene rings is 2. The number of aromatic nitrogens is 2. The Morgan fingerprint density at radius 2 is 1.87 bits per heavy atom. The Labute approximate surface area is 185 Å². The molecule has 0 bridgehead atoms. The highest BCUT2D eigenvalue weighted by Crippen LogP contribution is 2.31. The Bertz CT molecular complexity index is 1010. The number of rotatable bonds is 7. The van der Waals surface area contributed by atoms with Gasteiger partial charge in [-0.3, -0.25) is 4.31 Å². The minimum absolute atomic E-state index is 0.0589. The molecule has 0 N–H and O–H groups in total. The maximum Gasteiger partial charge on any atom is 0.217 e. The molecule has 162 valence electrons. The van der Waals surface area contributed by atoms with Gasteiger partial charge < -0.3 is 9.47 Å². The van der Waals surface area contributed by atoms with Gasteiger partial charge in [0.05, 0.1) is 30.7 Å². The van der Waals surface area contributed by atoms with Gasteiger partial charge in [0.1, 0.15) is 29.5 Å². The van der Waals surface area contributed by atoms with Crippen LogP contribution in [-0.2, 0) is 17.5 Å². The molecule has 1 heterocycles. The molecule has 1 aromatic heterocycles. The van der Waals surface area contributed by atoms with Gasteiger partial charge in [-0.2, -0.15) is 4.37 Å². The van der Waals surface area contributed by atoms with Gasteiger partial charge in [-0.15, -0.1) is 0 Å². The Kier molecular flexibility index (Phi) is 8.94. The predicted octanol–water partition coefficient (Wildman–Crippen LogP) is 5.24. The summed E-state index contributed by atoms with van der Waals surface area (Å²) in [5, 5.41) is -0.0416. The zero-order valence-corrected chi connectivity index (χ0v) is 19.1. The Hall–Kier alpha value is -2.30. The lowest BCUT2D eigenvalue weighted by molar-refractivity contribution is 0.391. The molecule has 2 aromatic carbocycles. The summed E-state index contributed by atoms with van der Waals surface area (Å²) in [6.45, 7) is 4.06. The topological polar surface area (TPSA) is 64.5 Å². The minimum atomic E-state index is -2.07. The molecule has 1 atom stereocenters. The molecule has 0 radical (unpaired) electrons. The van der Waals surface area contributed by atoms with Crippen molar-refractivity contribution in [1.29, 1.82) is 0 Å². The summed E-state index contributed by atoms with van der Waals surface area (Å²) < 4.78 is 56.7. The molecule has 1 unspecified atom stereocenters. The zero-order valence-electron chi connectivity index (χ0n) is 16.7.